The van der Waals surface area contributed by atoms with E-state index >= 15 is 0 Å². The predicted octanol–water partition coefficient (Wildman–Crippen LogP) is 3.80. The Morgan fingerprint density at radius 3 is 2.93 bits per heavy atom. The maximum Gasteiger partial charge on any atom is 0.262 e. The van der Waals surface area contributed by atoms with Crippen LogP contribution in [0.5, 0.6) is 0 Å². The summed E-state index contributed by atoms with van der Waals surface area (Å²) in [4.78, 5) is 28.4. The number of carbonyl (C=O) groups is 1. The van der Waals surface area contributed by atoms with Crippen LogP contribution in [0, 0.1) is 22.5 Å². The summed E-state index contributed by atoms with van der Waals surface area (Å²) < 4.78 is 1.79. The number of nitrogens with zero attached hydrogens (tertiary/aromatic N) is 1. The van der Waals surface area contributed by atoms with Crippen molar-refractivity contribution < 1.29 is 4.79 Å². The van der Waals surface area contributed by atoms with Crippen LogP contribution in [0.2, 0.25) is 0 Å². The molecule has 1 aromatic carbocycles. The Balaban J connectivity index is 1.57. The van der Waals surface area contributed by atoms with Crippen molar-refractivity contribution in [2.24, 2.45) is 17.8 Å². The number of hydrogen-bond acceptors (Lipinski definition) is 3. The summed E-state index contributed by atoms with van der Waals surface area (Å²) in [6.45, 7) is 6.13. The molecule has 5 nitrogen and oxygen atoms in total. The number of rotatable bonds is 5. The quantitative estimate of drug-likeness (QED) is 0.610. The molecule has 2 aromatic rings. The zero-order valence-corrected chi connectivity index (χ0v) is 16.3. The van der Waals surface area contributed by atoms with Crippen LogP contribution in [0.3, 0.4) is 0 Å². The monoisotopic (exact) mass is 383 g/mol. The molecule has 1 aromatic heterocycles. The first-order chi connectivity index (χ1) is 13.0. The maximum absolute atomic E-state index is 12.8. The predicted molar refractivity (Wildman–Crippen MR) is 109 cm³/mol. The Labute approximate surface area is 163 Å². The lowest BCUT2D eigenvalue weighted by atomic mass is 9.84. The number of benzene rings is 1. The van der Waals surface area contributed by atoms with Crippen molar-refractivity contribution in [2.75, 3.05) is 0 Å². The minimum absolute atomic E-state index is 0.0956. The van der Waals surface area contributed by atoms with Crippen LogP contribution in [-0.4, -0.2) is 21.5 Å². The molecule has 0 radical (unpaired) electrons. The average Bonchev–Trinajstić information content (AvgIpc) is 3.28. The standard InChI is InChI=1S/C21H25N3O2S/c1-3-8-24-20(26)16-7-6-15(11-18(16)23-21(24)27)19(25)22-12(2)17-10-13-4-5-14(17)9-13/h3,6-7,11-14,17H,1,4-5,8-10H2,2H3,(H,22,25)(H,23,27)/t12-,13-,14-,17+/m0/s1. The third kappa shape index (κ3) is 3.27. The van der Waals surface area contributed by atoms with Crippen LogP contribution in [0.4, 0.5) is 0 Å². The summed E-state index contributed by atoms with van der Waals surface area (Å²) in [5, 5.41) is 3.69. The van der Waals surface area contributed by atoms with Crippen molar-refractivity contribution in [3.63, 3.8) is 0 Å². The summed E-state index contributed by atoms with van der Waals surface area (Å²) in [5.41, 5.74) is 0.963. The van der Waals surface area contributed by atoms with E-state index in [1.807, 2.05) is 0 Å². The van der Waals surface area contributed by atoms with Gasteiger partial charge in [0, 0.05) is 18.2 Å². The molecular weight excluding hydrogens is 358 g/mol. The molecule has 142 valence electrons. The molecule has 2 aliphatic carbocycles. The minimum atomic E-state index is -0.170. The molecule has 0 spiro atoms. The SMILES string of the molecule is C=CCn1c(=S)[nH]c2cc(C(=O)N[C@@H](C)[C@H]3C[C@H]4CC[C@H]3C4)ccc2c1=O. The largest absolute Gasteiger partial charge is 0.349 e. The molecule has 27 heavy (non-hydrogen) atoms. The van der Waals surface area contributed by atoms with Crippen LogP contribution < -0.4 is 10.9 Å². The number of nitrogens with one attached hydrogen (secondary N) is 2. The molecule has 2 N–H and O–H groups in total. The normalized spacial score (nSPS) is 24.9. The highest BCUT2D eigenvalue weighted by molar-refractivity contribution is 7.71. The van der Waals surface area contributed by atoms with E-state index in [0.29, 0.717) is 33.7 Å². The Morgan fingerprint density at radius 1 is 1.44 bits per heavy atom. The molecule has 1 heterocycles. The summed E-state index contributed by atoms with van der Waals surface area (Å²) in [6.07, 6.45) is 6.86. The molecule has 4 atom stereocenters. The number of fused-ring (bicyclic) bond motifs is 3. The molecule has 0 aliphatic heterocycles. The van der Waals surface area contributed by atoms with Gasteiger partial charge in [0.15, 0.2) is 4.77 Å². The van der Waals surface area contributed by atoms with Gasteiger partial charge in [0.2, 0.25) is 0 Å². The molecule has 2 bridgehead atoms. The van der Waals surface area contributed by atoms with Gasteiger partial charge in [-0.2, -0.15) is 0 Å². The lowest BCUT2D eigenvalue weighted by Crippen LogP contribution is -2.40. The first-order valence-corrected chi connectivity index (χ1v) is 10.1. The van der Waals surface area contributed by atoms with Gasteiger partial charge in [0.1, 0.15) is 0 Å². The summed E-state index contributed by atoms with van der Waals surface area (Å²) >= 11 is 5.27. The van der Waals surface area contributed by atoms with Crippen LogP contribution in [0.25, 0.3) is 10.9 Å². The first-order valence-electron chi connectivity index (χ1n) is 9.66. The summed E-state index contributed by atoms with van der Waals surface area (Å²) in [6, 6.07) is 5.29. The number of allylic oxidation sites excluding steroid dienone is 1. The number of carbonyl (C=O) groups excluding carboxylic acids is 1. The van der Waals surface area contributed by atoms with E-state index in [0.717, 1.165) is 11.8 Å². The third-order valence-corrected chi connectivity index (χ3v) is 6.67. The van der Waals surface area contributed by atoms with Crippen molar-refractivity contribution >= 4 is 29.0 Å². The number of H-pyrrole nitrogens is 1. The van der Waals surface area contributed by atoms with Crippen LogP contribution in [0.1, 0.15) is 43.0 Å². The Morgan fingerprint density at radius 2 is 2.26 bits per heavy atom. The van der Waals surface area contributed by atoms with E-state index in [4.69, 9.17) is 12.2 Å². The van der Waals surface area contributed by atoms with E-state index < -0.39 is 0 Å². The maximum atomic E-state index is 12.8. The molecule has 1 amide bonds. The van der Waals surface area contributed by atoms with E-state index in [1.165, 1.54) is 30.3 Å². The molecule has 4 rings (SSSR count). The highest BCUT2D eigenvalue weighted by Crippen LogP contribution is 2.49. The van der Waals surface area contributed by atoms with E-state index in [1.54, 1.807) is 24.3 Å². The lowest BCUT2D eigenvalue weighted by Gasteiger charge is -2.28. The first kappa shape index (κ1) is 18.2. The second kappa shape index (κ2) is 7.08. The van der Waals surface area contributed by atoms with Gasteiger partial charge in [-0.3, -0.25) is 14.2 Å². The molecule has 0 unspecified atom stereocenters. The van der Waals surface area contributed by atoms with Gasteiger partial charge in [-0.05, 0) is 74.4 Å². The van der Waals surface area contributed by atoms with Gasteiger partial charge in [-0.15, -0.1) is 6.58 Å². The molecule has 2 fully saturated rings. The van der Waals surface area contributed by atoms with Gasteiger partial charge >= 0.3 is 0 Å². The average molecular weight is 384 g/mol. The molecular formula is C21H25N3O2S. The third-order valence-electron chi connectivity index (χ3n) is 6.35. The number of aromatic nitrogens is 2. The van der Waals surface area contributed by atoms with E-state index in [-0.39, 0.29) is 17.5 Å². The molecule has 6 heteroatoms. The smallest absolute Gasteiger partial charge is 0.262 e. The van der Waals surface area contributed by atoms with Gasteiger partial charge in [0.05, 0.1) is 10.9 Å². The highest BCUT2D eigenvalue weighted by atomic mass is 32.1. The molecule has 2 saturated carbocycles. The second-order valence-corrected chi connectivity index (χ2v) is 8.38. The minimum Gasteiger partial charge on any atom is -0.349 e. The molecule has 0 saturated heterocycles. The van der Waals surface area contributed by atoms with Crippen molar-refractivity contribution in [1.29, 1.82) is 0 Å². The Hall–Kier alpha value is -2.21. The Bertz CT molecular complexity index is 1020. The summed E-state index contributed by atoms with van der Waals surface area (Å²) in [7, 11) is 0. The number of aromatic amines is 1. The number of hydrogen-bond donors (Lipinski definition) is 2. The van der Waals surface area contributed by atoms with Crippen molar-refractivity contribution in [2.45, 2.75) is 45.2 Å². The topological polar surface area (TPSA) is 66.9 Å². The van der Waals surface area contributed by atoms with Gasteiger partial charge in [-0.1, -0.05) is 12.5 Å². The number of amides is 1. The van der Waals surface area contributed by atoms with Crippen LogP contribution in [-0.2, 0) is 6.54 Å². The Kier molecular flexibility index (Phi) is 4.76. The van der Waals surface area contributed by atoms with Crippen molar-refractivity contribution in [3.05, 3.63) is 51.5 Å². The fraction of sp³-hybridized carbons (Fsp3) is 0.476. The lowest BCUT2D eigenvalue weighted by molar-refractivity contribution is 0.0915. The van der Waals surface area contributed by atoms with E-state index in [2.05, 4.69) is 23.8 Å². The summed E-state index contributed by atoms with van der Waals surface area (Å²) in [5.74, 6) is 2.12. The van der Waals surface area contributed by atoms with Gasteiger partial charge in [-0.25, -0.2) is 0 Å². The zero-order valence-electron chi connectivity index (χ0n) is 15.5. The molecule has 2 aliphatic rings. The van der Waals surface area contributed by atoms with Gasteiger partial charge in [0.25, 0.3) is 11.5 Å². The van der Waals surface area contributed by atoms with Crippen LogP contribution in [0.15, 0.2) is 35.6 Å². The zero-order chi connectivity index (χ0) is 19.1. The fourth-order valence-corrected chi connectivity index (χ4v) is 5.26. The van der Waals surface area contributed by atoms with Crippen molar-refractivity contribution in [3.8, 4) is 0 Å². The van der Waals surface area contributed by atoms with E-state index in [9.17, 15) is 9.59 Å². The van der Waals surface area contributed by atoms with Gasteiger partial charge < -0.3 is 10.3 Å². The fourth-order valence-electron chi connectivity index (χ4n) is 4.99. The second-order valence-electron chi connectivity index (χ2n) is 8.00. The van der Waals surface area contributed by atoms with Crippen molar-refractivity contribution in [1.82, 2.24) is 14.9 Å². The van der Waals surface area contributed by atoms with Crippen LogP contribution >= 0.6 is 12.2 Å². The highest BCUT2D eigenvalue weighted by Gasteiger charge is 2.42.